The Morgan fingerprint density at radius 2 is 1.83 bits per heavy atom. The van der Waals surface area contributed by atoms with Crippen molar-refractivity contribution in [2.45, 2.75) is 0 Å². The second-order valence-corrected chi connectivity index (χ2v) is 2.92. The van der Waals surface area contributed by atoms with E-state index in [2.05, 4.69) is 0 Å². The lowest BCUT2D eigenvalue weighted by molar-refractivity contribution is 1.48. The van der Waals surface area contributed by atoms with Gasteiger partial charge in [-0.15, -0.1) is 0 Å². The number of rotatable bonds is 0. The Kier molecular flexibility index (Phi) is 2.32. The smallest absolute Gasteiger partial charge is 0.101 e. The van der Waals surface area contributed by atoms with E-state index in [1.165, 1.54) is 6.07 Å². The Bertz CT molecular complexity index is 368. The summed E-state index contributed by atoms with van der Waals surface area (Å²) in [5.74, 6) is 0. The maximum Gasteiger partial charge on any atom is 0.101 e. The van der Waals surface area contributed by atoms with Crippen molar-refractivity contribution >= 4 is 34.6 Å². The van der Waals surface area contributed by atoms with Crippen LogP contribution in [0, 0.1) is 11.3 Å². The van der Waals surface area contributed by atoms with Crippen LogP contribution in [0.25, 0.3) is 0 Å². The SMILES string of the molecule is N#Cc1cc(N)c(Cl)c(N)c1Cl. The number of nitrogens with two attached hydrogens (primary N) is 2. The first kappa shape index (κ1) is 8.98. The molecule has 0 spiro atoms. The summed E-state index contributed by atoms with van der Waals surface area (Å²) in [4.78, 5) is 0. The molecule has 0 aromatic heterocycles. The van der Waals surface area contributed by atoms with Gasteiger partial charge in [0.25, 0.3) is 0 Å². The van der Waals surface area contributed by atoms with E-state index in [1.54, 1.807) is 0 Å². The Hall–Kier alpha value is -1.11. The number of hydrogen-bond acceptors (Lipinski definition) is 3. The summed E-state index contributed by atoms with van der Waals surface area (Å²) in [6.07, 6.45) is 0. The van der Waals surface area contributed by atoms with Crippen LogP contribution in [0.2, 0.25) is 10.0 Å². The van der Waals surface area contributed by atoms with Gasteiger partial charge in [0.05, 0.1) is 27.0 Å². The van der Waals surface area contributed by atoms with E-state index >= 15 is 0 Å². The number of benzene rings is 1. The van der Waals surface area contributed by atoms with Crippen molar-refractivity contribution < 1.29 is 0 Å². The van der Waals surface area contributed by atoms with Crippen LogP contribution in [0.5, 0.6) is 0 Å². The first-order chi connectivity index (χ1) is 5.57. The molecule has 1 aromatic carbocycles. The third-order valence-corrected chi connectivity index (χ3v) is 2.21. The van der Waals surface area contributed by atoms with E-state index < -0.39 is 0 Å². The van der Waals surface area contributed by atoms with Crippen LogP contribution in [0.3, 0.4) is 0 Å². The second-order valence-electron chi connectivity index (χ2n) is 2.17. The van der Waals surface area contributed by atoms with Gasteiger partial charge in [-0.3, -0.25) is 0 Å². The largest absolute Gasteiger partial charge is 0.397 e. The molecule has 0 amide bonds. The van der Waals surface area contributed by atoms with Crippen molar-refractivity contribution in [1.82, 2.24) is 0 Å². The van der Waals surface area contributed by atoms with Crippen LogP contribution in [0.1, 0.15) is 5.56 Å². The molecule has 0 heterocycles. The summed E-state index contributed by atoms with van der Waals surface area (Å²) in [6.45, 7) is 0. The molecule has 0 atom stereocenters. The molecule has 4 N–H and O–H groups in total. The summed E-state index contributed by atoms with van der Waals surface area (Å²) in [5, 5.41) is 8.91. The minimum atomic E-state index is 0.148. The molecule has 0 saturated carbocycles. The van der Waals surface area contributed by atoms with Gasteiger partial charge >= 0.3 is 0 Å². The summed E-state index contributed by atoms with van der Waals surface area (Å²) in [5.41, 5.74) is 11.5. The number of nitrogen functional groups attached to an aromatic ring is 2. The molecule has 0 aliphatic carbocycles. The van der Waals surface area contributed by atoms with Crippen LogP contribution in [0.4, 0.5) is 11.4 Å². The van der Waals surface area contributed by atoms with E-state index in [4.69, 9.17) is 39.9 Å². The highest BCUT2D eigenvalue weighted by Gasteiger charge is 2.10. The average Bonchev–Trinajstić information content (AvgIpc) is 2.08. The predicted octanol–water partition coefficient (Wildman–Crippen LogP) is 2.03. The Balaban J connectivity index is 3.52. The first-order valence-corrected chi connectivity index (χ1v) is 3.76. The highest BCUT2D eigenvalue weighted by Crippen LogP contribution is 2.34. The Morgan fingerprint density at radius 3 is 2.33 bits per heavy atom. The van der Waals surface area contributed by atoms with Crippen molar-refractivity contribution in [2.24, 2.45) is 0 Å². The molecule has 1 rings (SSSR count). The topological polar surface area (TPSA) is 75.8 Å². The van der Waals surface area contributed by atoms with Crippen molar-refractivity contribution in [3.05, 3.63) is 21.7 Å². The predicted molar refractivity (Wildman–Crippen MR) is 50.0 cm³/mol. The fourth-order valence-corrected chi connectivity index (χ4v) is 1.15. The molecule has 3 nitrogen and oxygen atoms in total. The summed E-state index contributed by atoms with van der Waals surface area (Å²) in [6, 6.07) is 3.24. The van der Waals surface area contributed by atoms with Crippen LogP contribution in [0.15, 0.2) is 6.07 Å². The van der Waals surface area contributed by atoms with Gasteiger partial charge in [-0.25, -0.2) is 0 Å². The molecule has 0 saturated heterocycles. The highest BCUT2D eigenvalue weighted by molar-refractivity contribution is 6.41. The minimum Gasteiger partial charge on any atom is -0.397 e. The van der Waals surface area contributed by atoms with Gasteiger partial charge in [0.2, 0.25) is 0 Å². The van der Waals surface area contributed by atoms with E-state index in [-0.39, 0.29) is 27.0 Å². The first-order valence-electron chi connectivity index (χ1n) is 3.01. The second kappa shape index (κ2) is 3.10. The van der Waals surface area contributed by atoms with Gasteiger partial charge in [-0.2, -0.15) is 5.26 Å². The lowest BCUT2D eigenvalue weighted by Crippen LogP contribution is -1.96. The van der Waals surface area contributed by atoms with Gasteiger partial charge in [-0.1, -0.05) is 23.2 Å². The molecular formula is C7H5Cl2N3. The zero-order valence-electron chi connectivity index (χ0n) is 5.94. The van der Waals surface area contributed by atoms with Crippen molar-refractivity contribution in [1.29, 1.82) is 5.26 Å². The zero-order chi connectivity index (χ0) is 9.30. The highest BCUT2D eigenvalue weighted by atomic mass is 35.5. The molecular weight excluding hydrogens is 197 g/mol. The summed E-state index contributed by atoms with van der Waals surface area (Å²) in [7, 11) is 0. The Labute approximate surface area is 79.5 Å². The minimum absolute atomic E-state index is 0.148. The molecule has 0 radical (unpaired) electrons. The molecule has 5 heteroatoms. The quantitative estimate of drug-likeness (QED) is 0.632. The fraction of sp³-hybridized carbons (Fsp3) is 0. The molecule has 0 aliphatic heterocycles. The van der Waals surface area contributed by atoms with E-state index in [0.29, 0.717) is 0 Å². The maximum absolute atomic E-state index is 8.57. The number of anilines is 2. The van der Waals surface area contributed by atoms with Crippen molar-refractivity contribution in [3.63, 3.8) is 0 Å². The lowest BCUT2D eigenvalue weighted by atomic mass is 10.2. The maximum atomic E-state index is 8.57. The number of nitriles is 1. The lowest BCUT2D eigenvalue weighted by Gasteiger charge is -2.05. The summed E-state index contributed by atoms with van der Waals surface area (Å²) >= 11 is 11.4. The zero-order valence-corrected chi connectivity index (χ0v) is 7.45. The van der Waals surface area contributed by atoms with Crippen LogP contribution >= 0.6 is 23.2 Å². The van der Waals surface area contributed by atoms with Crippen molar-refractivity contribution in [3.8, 4) is 6.07 Å². The number of hydrogen-bond donors (Lipinski definition) is 2. The van der Waals surface area contributed by atoms with Crippen molar-refractivity contribution in [2.75, 3.05) is 11.5 Å². The molecule has 0 unspecified atom stereocenters. The monoisotopic (exact) mass is 201 g/mol. The molecule has 12 heavy (non-hydrogen) atoms. The van der Waals surface area contributed by atoms with Gasteiger partial charge < -0.3 is 11.5 Å². The number of halogens is 2. The molecule has 62 valence electrons. The third kappa shape index (κ3) is 1.27. The average molecular weight is 202 g/mol. The van der Waals surface area contributed by atoms with E-state index in [9.17, 15) is 0 Å². The molecule has 1 aromatic rings. The third-order valence-electron chi connectivity index (χ3n) is 1.38. The summed E-state index contributed by atoms with van der Waals surface area (Å²) < 4.78 is 0. The van der Waals surface area contributed by atoms with Crippen LogP contribution in [-0.4, -0.2) is 0 Å². The normalized spacial score (nSPS) is 9.42. The van der Waals surface area contributed by atoms with Gasteiger partial charge in [0.15, 0.2) is 0 Å². The molecule has 0 bridgehead atoms. The molecule has 0 fully saturated rings. The fourth-order valence-electron chi connectivity index (χ4n) is 0.761. The van der Waals surface area contributed by atoms with Crippen LogP contribution < -0.4 is 11.5 Å². The molecule has 0 aliphatic rings. The van der Waals surface area contributed by atoms with Gasteiger partial charge in [0, 0.05) is 0 Å². The van der Waals surface area contributed by atoms with Crippen LogP contribution in [-0.2, 0) is 0 Å². The standard InChI is InChI=1S/C7H5Cl2N3/c8-5-3(2-10)1-4(11)6(9)7(5)12/h1H,11-12H2. The van der Waals surface area contributed by atoms with E-state index in [0.717, 1.165) is 0 Å². The Morgan fingerprint density at radius 1 is 1.25 bits per heavy atom. The van der Waals surface area contributed by atoms with Gasteiger partial charge in [-0.05, 0) is 6.07 Å². The number of nitrogens with zero attached hydrogens (tertiary/aromatic N) is 1. The van der Waals surface area contributed by atoms with E-state index in [1.807, 2.05) is 6.07 Å². The van der Waals surface area contributed by atoms with Gasteiger partial charge in [0.1, 0.15) is 6.07 Å².